The maximum Gasteiger partial charge on any atom is 0.125 e. The Hall–Kier alpha value is -1.85. The Balaban J connectivity index is 1.92. The molecule has 2 aromatic rings. The van der Waals surface area contributed by atoms with E-state index >= 15 is 0 Å². The molecule has 3 rings (SSSR count). The van der Waals surface area contributed by atoms with Gasteiger partial charge in [-0.2, -0.15) is 0 Å². The number of hydrazine groups is 1. The van der Waals surface area contributed by atoms with Gasteiger partial charge in [0.2, 0.25) is 0 Å². The molecule has 0 aromatic carbocycles. The molecule has 2 N–H and O–H groups in total. The van der Waals surface area contributed by atoms with Gasteiger partial charge >= 0.3 is 0 Å². The highest BCUT2D eigenvalue weighted by Crippen LogP contribution is 2.31. The van der Waals surface area contributed by atoms with Crippen LogP contribution in [0, 0.1) is 6.92 Å². The van der Waals surface area contributed by atoms with Crippen molar-refractivity contribution >= 4 is 0 Å². The molecule has 18 heavy (non-hydrogen) atoms. The van der Waals surface area contributed by atoms with Crippen molar-refractivity contribution in [2.24, 2.45) is 0 Å². The molecule has 2 atom stereocenters. The quantitative estimate of drug-likeness (QED) is 0.824. The lowest BCUT2D eigenvalue weighted by Gasteiger charge is -2.18. The van der Waals surface area contributed by atoms with Gasteiger partial charge in [0.25, 0.3) is 0 Å². The fraction of sp³-hybridized carbons (Fsp3) is 0.308. The van der Waals surface area contributed by atoms with E-state index in [1.165, 1.54) is 5.56 Å². The summed E-state index contributed by atoms with van der Waals surface area (Å²) >= 11 is 0. The van der Waals surface area contributed by atoms with Crippen molar-refractivity contribution < 1.29 is 0 Å². The fourth-order valence-electron chi connectivity index (χ4n) is 2.33. The van der Waals surface area contributed by atoms with Crippen molar-refractivity contribution in [1.82, 2.24) is 25.8 Å². The Morgan fingerprint density at radius 2 is 2.22 bits per heavy atom. The first-order valence-electron chi connectivity index (χ1n) is 6.02. The Labute approximate surface area is 106 Å². The van der Waals surface area contributed by atoms with Crippen LogP contribution >= 0.6 is 0 Å². The molecule has 0 spiro atoms. The molecule has 5 nitrogen and oxygen atoms in total. The normalized spacial score (nSPS) is 23.2. The number of rotatable bonds is 2. The van der Waals surface area contributed by atoms with Crippen molar-refractivity contribution in [2.45, 2.75) is 18.9 Å². The van der Waals surface area contributed by atoms with Gasteiger partial charge in [-0.25, -0.2) is 15.4 Å². The number of aryl methyl sites for hydroxylation is 1. The summed E-state index contributed by atoms with van der Waals surface area (Å²) in [5, 5.41) is 0. The zero-order valence-corrected chi connectivity index (χ0v) is 10.2. The lowest BCUT2D eigenvalue weighted by molar-refractivity contribution is 0.546. The van der Waals surface area contributed by atoms with E-state index in [0.717, 1.165) is 18.1 Å². The van der Waals surface area contributed by atoms with Gasteiger partial charge in [0.15, 0.2) is 0 Å². The van der Waals surface area contributed by atoms with Gasteiger partial charge < -0.3 is 0 Å². The van der Waals surface area contributed by atoms with Crippen LogP contribution in [0.5, 0.6) is 0 Å². The second kappa shape index (κ2) is 4.80. The molecule has 92 valence electrons. The van der Waals surface area contributed by atoms with Crippen molar-refractivity contribution in [3.63, 3.8) is 0 Å². The van der Waals surface area contributed by atoms with Crippen LogP contribution < -0.4 is 10.9 Å². The second-order valence-corrected chi connectivity index (χ2v) is 4.42. The molecule has 0 radical (unpaired) electrons. The minimum absolute atomic E-state index is 0.202. The van der Waals surface area contributed by atoms with Gasteiger partial charge in [0.05, 0.1) is 11.7 Å². The molecule has 1 saturated heterocycles. The SMILES string of the molecule is Cc1nccc(C2CNNC2c2cccnc2)n1. The molecule has 2 aromatic heterocycles. The van der Waals surface area contributed by atoms with Crippen LogP contribution in [0.15, 0.2) is 36.8 Å². The minimum atomic E-state index is 0.202. The van der Waals surface area contributed by atoms with Gasteiger partial charge in [-0.1, -0.05) is 6.07 Å². The van der Waals surface area contributed by atoms with E-state index in [1.54, 1.807) is 6.20 Å². The first-order valence-corrected chi connectivity index (χ1v) is 6.02. The van der Waals surface area contributed by atoms with E-state index < -0.39 is 0 Å². The third kappa shape index (κ3) is 2.10. The molecule has 1 aliphatic heterocycles. The third-order valence-corrected chi connectivity index (χ3v) is 3.20. The van der Waals surface area contributed by atoms with Gasteiger partial charge in [-0.05, 0) is 24.6 Å². The minimum Gasteiger partial charge on any atom is -0.264 e. The predicted octanol–water partition coefficient (Wildman–Crippen LogP) is 1.11. The van der Waals surface area contributed by atoms with E-state index in [-0.39, 0.29) is 6.04 Å². The number of aromatic nitrogens is 3. The molecule has 2 unspecified atom stereocenters. The van der Waals surface area contributed by atoms with E-state index in [9.17, 15) is 0 Å². The van der Waals surface area contributed by atoms with E-state index in [4.69, 9.17) is 0 Å². The summed E-state index contributed by atoms with van der Waals surface area (Å²) in [4.78, 5) is 12.8. The maximum absolute atomic E-state index is 4.52. The van der Waals surface area contributed by atoms with Crippen LogP contribution in [-0.4, -0.2) is 21.5 Å². The average molecular weight is 241 g/mol. The van der Waals surface area contributed by atoms with Crippen LogP contribution in [0.2, 0.25) is 0 Å². The predicted molar refractivity (Wildman–Crippen MR) is 67.6 cm³/mol. The number of pyridine rings is 1. The van der Waals surface area contributed by atoms with E-state index in [2.05, 4.69) is 31.9 Å². The Kier molecular flexibility index (Phi) is 3.00. The van der Waals surface area contributed by atoms with E-state index in [1.807, 2.05) is 31.5 Å². The van der Waals surface area contributed by atoms with E-state index in [0.29, 0.717) is 5.92 Å². The summed E-state index contributed by atoms with van der Waals surface area (Å²) in [7, 11) is 0. The number of nitrogens with zero attached hydrogens (tertiary/aromatic N) is 3. The lowest BCUT2D eigenvalue weighted by Crippen LogP contribution is -2.25. The zero-order valence-electron chi connectivity index (χ0n) is 10.2. The monoisotopic (exact) mass is 241 g/mol. The number of nitrogens with one attached hydrogen (secondary N) is 2. The molecule has 0 aliphatic carbocycles. The topological polar surface area (TPSA) is 62.7 Å². The Morgan fingerprint density at radius 1 is 1.28 bits per heavy atom. The molecule has 1 aliphatic rings. The highest BCUT2D eigenvalue weighted by atomic mass is 15.4. The molecule has 3 heterocycles. The van der Waals surface area contributed by atoms with Crippen LogP contribution in [0.4, 0.5) is 0 Å². The zero-order chi connectivity index (χ0) is 12.4. The summed E-state index contributed by atoms with van der Waals surface area (Å²) in [5.41, 5.74) is 8.73. The highest BCUT2D eigenvalue weighted by Gasteiger charge is 2.30. The molecule has 0 bridgehead atoms. The molecular weight excluding hydrogens is 226 g/mol. The van der Waals surface area contributed by atoms with Gasteiger partial charge in [0, 0.05) is 31.1 Å². The standard InChI is InChI=1S/C13H15N5/c1-9-15-6-4-12(17-9)11-8-16-18-13(11)10-3-2-5-14-7-10/h2-7,11,13,16,18H,8H2,1H3. The summed E-state index contributed by atoms with van der Waals surface area (Å²) < 4.78 is 0. The van der Waals surface area contributed by atoms with Crippen LogP contribution in [-0.2, 0) is 0 Å². The van der Waals surface area contributed by atoms with Crippen molar-refractivity contribution in [1.29, 1.82) is 0 Å². The van der Waals surface area contributed by atoms with Gasteiger partial charge in [0.1, 0.15) is 5.82 Å². The third-order valence-electron chi connectivity index (χ3n) is 3.20. The van der Waals surface area contributed by atoms with Crippen molar-refractivity contribution in [3.05, 3.63) is 53.9 Å². The number of hydrogen-bond donors (Lipinski definition) is 2. The first-order chi connectivity index (χ1) is 8.84. The van der Waals surface area contributed by atoms with Gasteiger partial charge in [-0.15, -0.1) is 0 Å². The largest absolute Gasteiger partial charge is 0.264 e. The second-order valence-electron chi connectivity index (χ2n) is 4.42. The summed E-state index contributed by atoms with van der Waals surface area (Å²) in [6, 6.07) is 6.22. The molecule has 0 amide bonds. The van der Waals surface area contributed by atoms with Crippen molar-refractivity contribution in [3.8, 4) is 0 Å². The summed E-state index contributed by atoms with van der Waals surface area (Å²) in [6.45, 7) is 2.77. The summed E-state index contributed by atoms with van der Waals surface area (Å²) in [5.74, 6) is 1.11. The maximum atomic E-state index is 4.52. The number of hydrogen-bond acceptors (Lipinski definition) is 5. The molecule has 5 heteroatoms. The Bertz CT molecular complexity index is 528. The van der Waals surface area contributed by atoms with Crippen LogP contribution in [0.3, 0.4) is 0 Å². The Morgan fingerprint density at radius 3 is 3.00 bits per heavy atom. The van der Waals surface area contributed by atoms with Crippen LogP contribution in [0.25, 0.3) is 0 Å². The molecule has 0 saturated carbocycles. The summed E-state index contributed by atoms with van der Waals surface area (Å²) in [6.07, 6.45) is 5.50. The lowest BCUT2D eigenvalue weighted by atomic mass is 9.93. The van der Waals surface area contributed by atoms with Crippen LogP contribution in [0.1, 0.15) is 29.0 Å². The smallest absolute Gasteiger partial charge is 0.125 e. The fourth-order valence-corrected chi connectivity index (χ4v) is 2.33. The highest BCUT2D eigenvalue weighted by molar-refractivity contribution is 5.23. The molecular formula is C13H15N5. The average Bonchev–Trinajstić information content (AvgIpc) is 2.89. The van der Waals surface area contributed by atoms with Crippen molar-refractivity contribution in [2.75, 3.05) is 6.54 Å². The first kappa shape index (κ1) is 11.3. The van der Waals surface area contributed by atoms with Gasteiger partial charge in [-0.3, -0.25) is 10.4 Å². The molecule has 1 fully saturated rings.